The number of hydrogen-bond acceptors (Lipinski definition) is 4. The van der Waals surface area contributed by atoms with Crippen LogP contribution in [0.5, 0.6) is 5.75 Å². The summed E-state index contributed by atoms with van der Waals surface area (Å²) in [5, 5.41) is 13.1. The van der Waals surface area contributed by atoms with E-state index in [4.69, 9.17) is 5.11 Å². The normalized spacial score (nSPS) is 11.1. The quantitative estimate of drug-likeness (QED) is 0.650. The van der Waals surface area contributed by atoms with Gasteiger partial charge < -0.3 is 5.11 Å². The van der Waals surface area contributed by atoms with E-state index in [-0.39, 0.29) is 11.7 Å². The molecule has 2 rings (SSSR count). The van der Waals surface area contributed by atoms with Gasteiger partial charge in [-0.1, -0.05) is 6.07 Å². The second kappa shape index (κ2) is 5.77. The Morgan fingerprint density at radius 1 is 1.21 bits per heavy atom. The Kier molecular flexibility index (Phi) is 3.87. The van der Waals surface area contributed by atoms with E-state index >= 15 is 0 Å². The summed E-state index contributed by atoms with van der Waals surface area (Å²) in [7, 11) is 0. The molecule has 0 saturated carbocycles. The maximum absolute atomic E-state index is 11.8. The second-order valence-electron chi connectivity index (χ2n) is 3.90. The summed E-state index contributed by atoms with van der Waals surface area (Å²) >= 11 is 0. The van der Waals surface area contributed by atoms with Crippen molar-refractivity contribution in [1.29, 1.82) is 0 Å². The molecule has 0 bridgehead atoms. The second-order valence-corrected chi connectivity index (χ2v) is 3.90. The van der Waals surface area contributed by atoms with Crippen molar-refractivity contribution in [2.75, 3.05) is 0 Å². The van der Waals surface area contributed by atoms with Crippen LogP contribution in [0.3, 0.4) is 0 Å². The Hall–Kier alpha value is -2.69. The van der Waals surface area contributed by atoms with Gasteiger partial charge in [-0.2, -0.15) is 5.10 Å². The fraction of sp³-hybridized carbons (Fsp3) is 0.0714. The minimum atomic E-state index is -0.338. The van der Waals surface area contributed by atoms with Crippen LogP contribution < -0.4 is 5.43 Å². The first-order valence-electron chi connectivity index (χ1n) is 5.72. The highest BCUT2D eigenvalue weighted by Crippen LogP contribution is 2.09. The lowest BCUT2D eigenvalue weighted by atomic mass is 10.2. The van der Waals surface area contributed by atoms with E-state index in [9.17, 15) is 4.79 Å². The van der Waals surface area contributed by atoms with E-state index in [0.717, 1.165) is 0 Å². The van der Waals surface area contributed by atoms with Crippen molar-refractivity contribution in [2.24, 2.45) is 5.10 Å². The van der Waals surface area contributed by atoms with Crippen molar-refractivity contribution in [3.63, 3.8) is 0 Å². The van der Waals surface area contributed by atoms with Gasteiger partial charge in [0.25, 0.3) is 5.91 Å². The maximum atomic E-state index is 11.8. The van der Waals surface area contributed by atoms with Crippen molar-refractivity contribution in [3.05, 3.63) is 59.9 Å². The Bertz CT molecular complexity index is 592. The molecular formula is C14H13N3O2. The van der Waals surface area contributed by atoms with Crippen molar-refractivity contribution >= 4 is 11.6 Å². The Morgan fingerprint density at radius 2 is 1.95 bits per heavy atom. The number of phenols is 1. The van der Waals surface area contributed by atoms with Gasteiger partial charge in [0.15, 0.2) is 0 Å². The van der Waals surface area contributed by atoms with Gasteiger partial charge in [0, 0.05) is 11.8 Å². The summed E-state index contributed by atoms with van der Waals surface area (Å²) < 4.78 is 0. The zero-order valence-corrected chi connectivity index (χ0v) is 10.4. The number of carbonyl (C=O) groups is 1. The van der Waals surface area contributed by atoms with Crippen LogP contribution in [0.4, 0.5) is 0 Å². The molecule has 1 aromatic heterocycles. The summed E-state index contributed by atoms with van der Waals surface area (Å²) in [6.07, 6.45) is 1.66. The van der Waals surface area contributed by atoms with Crippen molar-refractivity contribution < 1.29 is 9.90 Å². The van der Waals surface area contributed by atoms with Gasteiger partial charge in [-0.05, 0) is 43.3 Å². The number of benzene rings is 1. The smallest absolute Gasteiger partial charge is 0.271 e. The number of aromatic hydroxyl groups is 1. The van der Waals surface area contributed by atoms with E-state index in [1.54, 1.807) is 13.1 Å². The molecule has 0 atom stereocenters. The van der Waals surface area contributed by atoms with Crippen LogP contribution in [0.15, 0.2) is 53.8 Å². The van der Waals surface area contributed by atoms with Gasteiger partial charge >= 0.3 is 0 Å². The molecule has 1 heterocycles. The third kappa shape index (κ3) is 3.38. The standard InChI is InChI=1S/C14H13N3O2/c1-10(13-4-2-3-9-15-13)16-17-14(19)11-5-7-12(18)8-6-11/h2-9,18H,1H3,(H,17,19)/b16-10+. The molecule has 0 aliphatic rings. The number of carbonyl (C=O) groups excluding carboxylic acids is 1. The van der Waals surface area contributed by atoms with Crippen molar-refractivity contribution in [2.45, 2.75) is 6.92 Å². The fourth-order valence-corrected chi connectivity index (χ4v) is 1.45. The first kappa shape index (κ1) is 12.8. The highest BCUT2D eigenvalue weighted by atomic mass is 16.3. The van der Waals surface area contributed by atoms with Crippen LogP contribution in [0.25, 0.3) is 0 Å². The van der Waals surface area contributed by atoms with Crippen LogP contribution in [-0.4, -0.2) is 21.7 Å². The molecule has 5 nitrogen and oxygen atoms in total. The lowest BCUT2D eigenvalue weighted by molar-refractivity contribution is 0.0955. The summed E-state index contributed by atoms with van der Waals surface area (Å²) in [5.74, 6) is -0.222. The average molecular weight is 255 g/mol. The van der Waals surface area contributed by atoms with Gasteiger partial charge in [0.05, 0.1) is 11.4 Å². The number of hydrazone groups is 1. The first-order valence-corrected chi connectivity index (χ1v) is 5.72. The molecule has 0 aliphatic heterocycles. The van der Waals surface area contributed by atoms with Crippen molar-refractivity contribution in [3.8, 4) is 5.75 Å². The number of nitrogens with zero attached hydrogens (tertiary/aromatic N) is 2. The van der Waals surface area contributed by atoms with E-state index in [1.807, 2.05) is 18.2 Å². The van der Waals surface area contributed by atoms with Crippen LogP contribution in [-0.2, 0) is 0 Å². The summed E-state index contributed by atoms with van der Waals surface area (Å²) in [4.78, 5) is 15.9. The number of amides is 1. The molecule has 96 valence electrons. The molecule has 0 fully saturated rings. The molecule has 2 aromatic rings. The number of aromatic nitrogens is 1. The largest absolute Gasteiger partial charge is 0.508 e. The number of nitrogens with one attached hydrogen (secondary N) is 1. The molecular weight excluding hydrogens is 242 g/mol. The number of rotatable bonds is 3. The van der Waals surface area contributed by atoms with Crippen molar-refractivity contribution in [1.82, 2.24) is 10.4 Å². The van der Waals surface area contributed by atoms with Gasteiger partial charge in [0.1, 0.15) is 5.75 Å². The highest BCUT2D eigenvalue weighted by molar-refractivity contribution is 5.99. The lowest BCUT2D eigenvalue weighted by Crippen LogP contribution is -2.19. The first-order chi connectivity index (χ1) is 9.16. The predicted molar refractivity (Wildman–Crippen MR) is 72.0 cm³/mol. The van der Waals surface area contributed by atoms with E-state index in [0.29, 0.717) is 17.0 Å². The molecule has 1 aromatic carbocycles. The molecule has 1 amide bonds. The Labute approximate surface area is 110 Å². The van der Waals surface area contributed by atoms with E-state index < -0.39 is 0 Å². The lowest BCUT2D eigenvalue weighted by Gasteiger charge is -2.02. The molecule has 0 radical (unpaired) electrons. The third-order valence-corrected chi connectivity index (χ3v) is 2.49. The van der Waals surface area contributed by atoms with Crippen LogP contribution in [0.2, 0.25) is 0 Å². The highest BCUT2D eigenvalue weighted by Gasteiger charge is 2.04. The van der Waals surface area contributed by atoms with Crippen LogP contribution in [0.1, 0.15) is 23.0 Å². The predicted octanol–water partition coefficient (Wildman–Crippen LogP) is 1.94. The summed E-state index contributed by atoms with van der Waals surface area (Å²) in [6, 6.07) is 11.4. The molecule has 0 aliphatic carbocycles. The van der Waals surface area contributed by atoms with E-state index in [1.165, 1.54) is 24.3 Å². The molecule has 2 N–H and O–H groups in total. The fourth-order valence-electron chi connectivity index (χ4n) is 1.45. The number of phenolic OH excluding ortho intramolecular Hbond substituents is 1. The summed E-state index contributed by atoms with van der Waals surface area (Å²) in [5.41, 5.74) is 4.19. The van der Waals surface area contributed by atoms with Crippen LogP contribution in [0, 0.1) is 0 Å². The minimum absolute atomic E-state index is 0.115. The SMILES string of the molecule is C/C(=N\NC(=O)c1ccc(O)cc1)c1ccccn1. The zero-order chi connectivity index (χ0) is 13.7. The monoisotopic (exact) mass is 255 g/mol. The summed E-state index contributed by atoms with van der Waals surface area (Å²) in [6.45, 7) is 1.76. The number of pyridine rings is 1. The topological polar surface area (TPSA) is 74.6 Å². The van der Waals surface area contributed by atoms with E-state index in [2.05, 4.69) is 15.5 Å². The minimum Gasteiger partial charge on any atom is -0.508 e. The molecule has 5 heteroatoms. The maximum Gasteiger partial charge on any atom is 0.271 e. The number of hydrogen-bond donors (Lipinski definition) is 2. The molecule has 0 unspecified atom stereocenters. The molecule has 0 saturated heterocycles. The van der Waals surface area contributed by atoms with Gasteiger partial charge in [0.2, 0.25) is 0 Å². The Morgan fingerprint density at radius 3 is 2.58 bits per heavy atom. The molecule has 19 heavy (non-hydrogen) atoms. The molecule has 0 spiro atoms. The third-order valence-electron chi connectivity index (χ3n) is 2.49. The zero-order valence-electron chi connectivity index (χ0n) is 10.4. The van der Waals surface area contributed by atoms with Gasteiger partial charge in [-0.25, -0.2) is 5.43 Å². The van der Waals surface area contributed by atoms with Gasteiger partial charge in [-0.3, -0.25) is 9.78 Å². The van der Waals surface area contributed by atoms with Crippen LogP contribution >= 0.6 is 0 Å². The van der Waals surface area contributed by atoms with Gasteiger partial charge in [-0.15, -0.1) is 0 Å². The average Bonchev–Trinajstić information content (AvgIpc) is 2.46. The Balaban J connectivity index is 2.06.